The maximum atomic E-state index is 3.74. The highest BCUT2D eigenvalue weighted by atomic mass is 14.9. The predicted molar refractivity (Wildman–Crippen MR) is 84.3 cm³/mol. The van der Waals surface area contributed by atoms with E-state index in [0.29, 0.717) is 0 Å². The summed E-state index contributed by atoms with van der Waals surface area (Å²) >= 11 is 0. The van der Waals surface area contributed by atoms with Crippen molar-refractivity contribution in [3.05, 3.63) is 0 Å². The number of nitrogens with one attached hydrogen (secondary N) is 1. The summed E-state index contributed by atoms with van der Waals surface area (Å²) in [5.41, 5.74) is 0. The lowest BCUT2D eigenvalue weighted by Gasteiger charge is -2.37. The maximum Gasteiger partial charge on any atom is -0.00177 e. The first-order valence-corrected chi connectivity index (χ1v) is 8.98. The molecule has 2 unspecified atom stereocenters. The quantitative estimate of drug-likeness (QED) is 0.689. The second-order valence-corrected chi connectivity index (χ2v) is 7.51. The minimum atomic E-state index is 0.792. The van der Waals surface area contributed by atoms with E-state index >= 15 is 0 Å². The van der Waals surface area contributed by atoms with Gasteiger partial charge in [-0.15, -0.1) is 0 Å². The molecule has 0 heterocycles. The van der Waals surface area contributed by atoms with Crippen LogP contribution in [0, 0.1) is 23.7 Å². The molecular formula is C18H35N. The Morgan fingerprint density at radius 2 is 1.47 bits per heavy atom. The summed E-state index contributed by atoms with van der Waals surface area (Å²) in [6, 6.07) is 0. The lowest BCUT2D eigenvalue weighted by atomic mass is 9.70. The Hall–Kier alpha value is -0.0400. The smallest absolute Gasteiger partial charge is 0.00177 e. The summed E-state index contributed by atoms with van der Waals surface area (Å²) in [7, 11) is 0. The fourth-order valence-corrected chi connectivity index (χ4v) is 4.41. The van der Waals surface area contributed by atoms with Crippen LogP contribution in [0.15, 0.2) is 0 Å². The molecule has 0 bridgehead atoms. The molecule has 0 aromatic rings. The molecule has 2 atom stereocenters. The van der Waals surface area contributed by atoms with Crippen LogP contribution in [0.2, 0.25) is 0 Å². The molecule has 0 aliphatic heterocycles. The van der Waals surface area contributed by atoms with E-state index in [9.17, 15) is 0 Å². The third-order valence-electron chi connectivity index (χ3n) is 5.43. The van der Waals surface area contributed by atoms with Gasteiger partial charge < -0.3 is 5.32 Å². The molecule has 0 amide bonds. The fourth-order valence-electron chi connectivity index (χ4n) is 4.41. The van der Waals surface area contributed by atoms with E-state index < -0.39 is 0 Å². The molecule has 112 valence electrons. The summed E-state index contributed by atoms with van der Waals surface area (Å²) in [6.07, 6.45) is 15.1. The summed E-state index contributed by atoms with van der Waals surface area (Å²) in [6.45, 7) is 7.13. The fraction of sp³-hybridized carbons (Fsp3) is 1.00. The predicted octanol–water partition coefficient (Wildman–Crippen LogP) is 5.01. The number of hydrogen-bond acceptors (Lipinski definition) is 1. The molecule has 0 aromatic carbocycles. The van der Waals surface area contributed by atoms with Gasteiger partial charge in [-0.1, -0.05) is 65.2 Å². The molecule has 1 heteroatoms. The van der Waals surface area contributed by atoms with E-state index in [1.54, 1.807) is 0 Å². The Morgan fingerprint density at radius 3 is 2.16 bits per heavy atom. The number of hydrogen-bond donors (Lipinski definition) is 1. The molecule has 2 saturated carbocycles. The normalized spacial score (nSPS) is 30.5. The van der Waals surface area contributed by atoms with Crippen molar-refractivity contribution in [2.75, 3.05) is 13.1 Å². The lowest BCUT2D eigenvalue weighted by Crippen LogP contribution is -2.35. The monoisotopic (exact) mass is 265 g/mol. The zero-order valence-electron chi connectivity index (χ0n) is 13.3. The van der Waals surface area contributed by atoms with Gasteiger partial charge in [0.25, 0.3) is 0 Å². The lowest BCUT2D eigenvalue weighted by molar-refractivity contribution is 0.144. The highest BCUT2D eigenvalue weighted by Gasteiger charge is 2.31. The summed E-state index contributed by atoms with van der Waals surface area (Å²) in [4.78, 5) is 0. The van der Waals surface area contributed by atoms with E-state index in [0.717, 1.165) is 23.7 Å². The summed E-state index contributed by atoms with van der Waals surface area (Å²) in [5.74, 6) is 3.88. The van der Waals surface area contributed by atoms with Gasteiger partial charge in [0.1, 0.15) is 0 Å². The molecule has 0 aromatic heterocycles. The van der Waals surface area contributed by atoms with E-state index in [1.807, 2.05) is 0 Å². The Bertz CT molecular complexity index is 228. The molecule has 1 nitrogen and oxygen atoms in total. The van der Waals surface area contributed by atoms with Gasteiger partial charge >= 0.3 is 0 Å². The molecule has 0 radical (unpaired) electrons. The van der Waals surface area contributed by atoms with Crippen molar-refractivity contribution in [2.24, 2.45) is 23.7 Å². The Morgan fingerprint density at radius 1 is 0.842 bits per heavy atom. The molecule has 0 spiro atoms. The largest absolute Gasteiger partial charge is 0.316 e. The first-order chi connectivity index (χ1) is 9.27. The first-order valence-electron chi connectivity index (χ1n) is 8.98. The molecule has 2 fully saturated rings. The van der Waals surface area contributed by atoms with Crippen molar-refractivity contribution in [1.82, 2.24) is 5.32 Å². The standard InChI is InChI=1S/C18H35N/c1-15(2)13-19-14-17-11-7-8-12-18(17)16-9-5-3-4-6-10-16/h15-19H,3-14H2,1-2H3. The van der Waals surface area contributed by atoms with E-state index in [1.165, 1.54) is 77.3 Å². The first kappa shape index (κ1) is 15.4. The van der Waals surface area contributed by atoms with Gasteiger partial charge in [-0.25, -0.2) is 0 Å². The van der Waals surface area contributed by atoms with Gasteiger partial charge in [0.15, 0.2) is 0 Å². The highest BCUT2D eigenvalue weighted by molar-refractivity contribution is 4.83. The maximum absolute atomic E-state index is 3.74. The molecule has 2 aliphatic carbocycles. The van der Waals surface area contributed by atoms with Crippen LogP contribution >= 0.6 is 0 Å². The summed E-state index contributed by atoms with van der Waals surface area (Å²) < 4.78 is 0. The van der Waals surface area contributed by atoms with E-state index in [4.69, 9.17) is 0 Å². The van der Waals surface area contributed by atoms with Gasteiger partial charge in [-0.2, -0.15) is 0 Å². The topological polar surface area (TPSA) is 12.0 Å². The number of rotatable bonds is 5. The molecule has 1 N–H and O–H groups in total. The molecule has 19 heavy (non-hydrogen) atoms. The van der Waals surface area contributed by atoms with Crippen LogP contribution in [0.4, 0.5) is 0 Å². The zero-order valence-corrected chi connectivity index (χ0v) is 13.3. The zero-order chi connectivity index (χ0) is 13.5. The van der Waals surface area contributed by atoms with Gasteiger partial charge in [0.2, 0.25) is 0 Å². The van der Waals surface area contributed by atoms with Crippen LogP contribution in [0.1, 0.15) is 78.1 Å². The minimum absolute atomic E-state index is 0.792. The second kappa shape index (κ2) is 8.29. The Kier molecular flexibility index (Phi) is 6.70. The summed E-state index contributed by atoms with van der Waals surface area (Å²) in [5, 5.41) is 3.74. The third kappa shape index (κ3) is 5.10. The molecule has 2 aliphatic rings. The van der Waals surface area contributed by atoms with Crippen molar-refractivity contribution < 1.29 is 0 Å². The van der Waals surface area contributed by atoms with Gasteiger partial charge in [-0.3, -0.25) is 0 Å². The van der Waals surface area contributed by atoms with Gasteiger partial charge in [-0.05, 0) is 49.6 Å². The molecular weight excluding hydrogens is 230 g/mol. The van der Waals surface area contributed by atoms with Crippen LogP contribution in [0.3, 0.4) is 0 Å². The van der Waals surface area contributed by atoms with E-state index in [2.05, 4.69) is 19.2 Å². The van der Waals surface area contributed by atoms with Crippen molar-refractivity contribution in [2.45, 2.75) is 78.1 Å². The van der Waals surface area contributed by atoms with Crippen molar-refractivity contribution in [1.29, 1.82) is 0 Å². The Labute approximate surface area is 120 Å². The molecule has 0 saturated heterocycles. The Balaban J connectivity index is 1.83. The van der Waals surface area contributed by atoms with Crippen LogP contribution in [0.5, 0.6) is 0 Å². The minimum Gasteiger partial charge on any atom is -0.316 e. The van der Waals surface area contributed by atoms with Crippen LogP contribution < -0.4 is 5.32 Å². The van der Waals surface area contributed by atoms with Crippen molar-refractivity contribution in [3.8, 4) is 0 Å². The van der Waals surface area contributed by atoms with Gasteiger partial charge in [0.05, 0.1) is 0 Å². The van der Waals surface area contributed by atoms with E-state index in [-0.39, 0.29) is 0 Å². The van der Waals surface area contributed by atoms with Crippen LogP contribution in [-0.4, -0.2) is 13.1 Å². The molecule has 2 rings (SSSR count). The third-order valence-corrected chi connectivity index (χ3v) is 5.43. The highest BCUT2D eigenvalue weighted by Crippen LogP contribution is 2.40. The second-order valence-electron chi connectivity index (χ2n) is 7.51. The van der Waals surface area contributed by atoms with Crippen LogP contribution in [-0.2, 0) is 0 Å². The van der Waals surface area contributed by atoms with Crippen molar-refractivity contribution >= 4 is 0 Å². The van der Waals surface area contributed by atoms with Gasteiger partial charge in [0, 0.05) is 0 Å². The SMILES string of the molecule is CC(C)CNCC1CCCCC1C1CCCCCC1. The van der Waals surface area contributed by atoms with Crippen molar-refractivity contribution in [3.63, 3.8) is 0 Å². The average Bonchev–Trinajstić information content (AvgIpc) is 2.68. The average molecular weight is 265 g/mol. The van der Waals surface area contributed by atoms with Crippen LogP contribution in [0.25, 0.3) is 0 Å².